The van der Waals surface area contributed by atoms with Crippen molar-refractivity contribution >= 4 is 0 Å². The van der Waals surface area contributed by atoms with Crippen molar-refractivity contribution in [3.63, 3.8) is 0 Å². The molecule has 0 saturated carbocycles. The molecule has 2 nitrogen and oxygen atoms in total. The molecule has 0 aromatic rings. The number of piperidine rings is 1. The average Bonchev–Trinajstić information content (AvgIpc) is 1.88. The highest BCUT2D eigenvalue weighted by molar-refractivity contribution is 4.75. The number of hydrogen-bond donors (Lipinski definition) is 1. The molecule has 0 aromatic heterocycles. The number of likely N-dealkylation sites (tertiary alicyclic amines) is 1. The van der Waals surface area contributed by atoms with E-state index in [1.807, 2.05) is 0 Å². The highest BCUT2D eigenvalue weighted by atomic mass is 15.1. The first kappa shape index (κ1) is 8.02. The van der Waals surface area contributed by atoms with E-state index >= 15 is 0 Å². The number of rotatable bonds is 1. The third-order valence-electron chi connectivity index (χ3n) is 2.51. The number of hydrogen-bond acceptors (Lipinski definition) is 2. The Balaban J connectivity index is 2.26. The second-order valence-corrected chi connectivity index (χ2v) is 3.50. The highest BCUT2D eigenvalue weighted by Crippen LogP contribution is 2.17. The summed E-state index contributed by atoms with van der Waals surface area (Å²) in [6, 6.07) is 0.397. The first-order valence-electron chi connectivity index (χ1n) is 4.14. The van der Waals surface area contributed by atoms with E-state index in [9.17, 15) is 0 Å². The van der Waals surface area contributed by atoms with E-state index in [1.165, 1.54) is 25.9 Å². The highest BCUT2D eigenvalue weighted by Gasteiger charge is 2.18. The van der Waals surface area contributed by atoms with Gasteiger partial charge in [0, 0.05) is 6.04 Å². The fourth-order valence-electron chi connectivity index (χ4n) is 1.55. The first-order valence-corrected chi connectivity index (χ1v) is 4.14. The summed E-state index contributed by atoms with van der Waals surface area (Å²) in [5, 5.41) is 0. The molecule has 0 aromatic carbocycles. The third-order valence-corrected chi connectivity index (χ3v) is 2.51. The van der Waals surface area contributed by atoms with Gasteiger partial charge in [-0.1, -0.05) is 0 Å². The van der Waals surface area contributed by atoms with E-state index in [0.717, 1.165) is 5.92 Å². The van der Waals surface area contributed by atoms with Crippen LogP contribution in [0.25, 0.3) is 0 Å². The molecular formula is C8H18N2. The minimum Gasteiger partial charge on any atom is -0.328 e. The predicted molar refractivity (Wildman–Crippen MR) is 43.9 cm³/mol. The maximum absolute atomic E-state index is 5.79. The lowest BCUT2D eigenvalue weighted by atomic mass is 9.91. The van der Waals surface area contributed by atoms with Crippen molar-refractivity contribution in [3.8, 4) is 0 Å². The fourth-order valence-corrected chi connectivity index (χ4v) is 1.55. The molecule has 0 spiro atoms. The molecule has 0 radical (unpaired) electrons. The summed E-state index contributed by atoms with van der Waals surface area (Å²) in [7, 11) is 2.18. The lowest BCUT2D eigenvalue weighted by Gasteiger charge is -2.30. The van der Waals surface area contributed by atoms with Gasteiger partial charge in [0.1, 0.15) is 0 Å². The average molecular weight is 142 g/mol. The van der Waals surface area contributed by atoms with Crippen molar-refractivity contribution < 1.29 is 0 Å². The van der Waals surface area contributed by atoms with Crippen LogP contribution in [0.4, 0.5) is 0 Å². The van der Waals surface area contributed by atoms with Gasteiger partial charge in [0.2, 0.25) is 0 Å². The van der Waals surface area contributed by atoms with E-state index in [0.29, 0.717) is 6.04 Å². The molecule has 1 rings (SSSR count). The smallest absolute Gasteiger partial charge is 0.00397 e. The van der Waals surface area contributed by atoms with Gasteiger partial charge in [-0.15, -0.1) is 0 Å². The molecule has 1 atom stereocenters. The minimum absolute atomic E-state index is 0.397. The van der Waals surface area contributed by atoms with Crippen LogP contribution in [0.3, 0.4) is 0 Å². The van der Waals surface area contributed by atoms with Gasteiger partial charge in [0.05, 0.1) is 0 Å². The Kier molecular flexibility index (Phi) is 2.69. The zero-order chi connectivity index (χ0) is 7.56. The zero-order valence-electron chi connectivity index (χ0n) is 7.01. The quantitative estimate of drug-likeness (QED) is 0.583. The Hall–Kier alpha value is -0.0800. The largest absolute Gasteiger partial charge is 0.328 e. The van der Waals surface area contributed by atoms with Crippen LogP contribution < -0.4 is 5.73 Å². The van der Waals surface area contributed by atoms with Crippen LogP contribution in [-0.2, 0) is 0 Å². The summed E-state index contributed by atoms with van der Waals surface area (Å²) in [6.07, 6.45) is 2.57. The Morgan fingerprint density at radius 3 is 2.30 bits per heavy atom. The van der Waals surface area contributed by atoms with Gasteiger partial charge >= 0.3 is 0 Å². The van der Waals surface area contributed by atoms with Crippen LogP contribution in [0.15, 0.2) is 0 Å². The van der Waals surface area contributed by atoms with Crippen molar-refractivity contribution in [3.05, 3.63) is 0 Å². The monoisotopic (exact) mass is 142 g/mol. The Morgan fingerprint density at radius 1 is 1.40 bits per heavy atom. The van der Waals surface area contributed by atoms with Crippen LogP contribution in [0.2, 0.25) is 0 Å². The predicted octanol–water partition coefficient (Wildman–Crippen LogP) is 0.675. The second kappa shape index (κ2) is 3.35. The van der Waals surface area contributed by atoms with Crippen molar-refractivity contribution in [2.45, 2.75) is 25.8 Å². The SMILES string of the molecule is C[C@H](N)C1CCN(C)CC1. The molecule has 1 aliphatic heterocycles. The Labute approximate surface area is 63.4 Å². The maximum Gasteiger partial charge on any atom is 0.00397 e. The molecule has 1 heterocycles. The van der Waals surface area contributed by atoms with E-state index in [2.05, 4.69) is 18.9 Å². The molecule has 0 amide bonds. The van der Waals surface area contributed by atoms with Gasteiger partial charge in [-0.2, -0.15) is 0 Å². The van der Waals surface area contributed by atoms with E-state index in [4.69, 9.17) is 5.73 Å². The van der Waals surface area contributed by atoms with Crippen molar-refractivity contribution in [2.24, 2.45) is 11.7 Å². The molecule has 0 aliphatic carbocycles. The zero-order valence-corrected chi connectivity index (χ0v) is 7.01. The first-order chi connectivity index (χ1) is 4.70. The van der Waals surface area contributed by atoms with Gasteiger partial charge in [-0.25, -0.2) is 0 Å². The van der Waals surface area contributed by atoms with Crippen LogP contribution in [0, 0.1) is 5.92 Å². The molecule has 0 bridgehead atoms. The van der Waals surface area contributed by atoms with Crippen LogP contribution in [-0.4, -0.2) is 31.1 Å². The molecule has 2 N–H and O–H groups in total. The molecular weight excluding hydrogens is 124 g/mol. The molecule has 0 unspecified atom stereocenters. The molecule has 10 heavy (non-hydrogen) atoms. The summed E-state index contributed by atoms with van der Waals surface area (Å²) >= 11 is 0. The summed E-state index contributed by atoms with van der Waals surface area (Å²) in [4.78, 5) is 2.37. The van der Waals surface area contributed by atoms with Gasteiger partial charge in [-0.05, 0) is 45.8 Å². The number of nitrogens with two attached hydrogens (primary N) is 1. The second-order valence-electron chi connectivity index (χ2n) is 3.50. The van der Waals surface area contributed by atoms with Crippen LogP contribution in [0.1, 0.15) is 19.8 Å². The molecule has 60 valence electrons. The van der Waals surface area contributed by atoms with Gasteiger partial charge in [0.15, 0.2) is 0 Å². The van der Waals surface area contributed by atoms with E-state index in [1.54, 1.807) is 0 Å². The van der Waals surface area contributed by atoms with Crippen LogP contribution >= 0.6 is 0 Å². The Morgan fingerprint density at radius 2 is 1.90 bits per heavy atom. The molecule has 1 fully saturated rings. The van der Waals surface area contributed by atoms with Crippen molar-refractivity contribution in [2.75, 3.05) is 20.1 Å². The summed E-state index contributed by atoms with van der Waals surface area (Å²) < 4.78 is 0. The lowest BCUT2D eigenvalue weighted by molar-refractivity contribution is 0.203. The molecule has 1 saturated heterocycles. The lowest BCUT2D eigenvalue weighted by Crippen LogP contribution is -2.37. The standard InChI is InChI=1S/C8H18N2/c1-7(9)8-3-5-10(2)6-4-8/h7-8H,3-6,9H2,1-2H3/t7-/m0/s1. The summed E-state index contributed by atoms with van der Waals surface area (Å²) in [5.74, 6) is 0.774. The number of nitrogens with zero attached hydrogens (tertiary/aromatic N) is 1. The third kappa shape index (κ3) is 1.96. The van der Waals surface area contributed by atoms with E-state index < -0.39 is 0 Å². The van der Waals surface area contributed by atoms with Crippen molar-refractivity contribution in [1.29, 1.82) is 0 Å². The molecule has 2 heteroatoms. The maximum atomic E-state index is 5.79. The fraction of sp³-hybridized carbons (Fsp3) is 1.00. The van der Waals surface area contributed by atoms with Gasteiger partial charge in [0.25, 0.3) is 0 Å². The molecule has 1 aliphatic rings. The van der Waals surface area contributed by atoms with Gasteiger partial charge in [-0.3, -0.25) is 0 Å². The Bertz CT molecular complexity index is 93.4. The summed E-state index contributed by atoms with van der Waals surface area (Å²) in [6.45, 7) is 4.58. The van der Waals surface area contributed by atoms with E-state index in [-0.39, 0.29) is 0 Å². The van der Waals surface area contributed by atoms with Crippen LogP contribution in [0.5, 0.6) is 0 Å². The van der Waals surface area contributed by atoms with Crippen molar-refractivity contribution in [1.82, 2.24) is 4.90 Å². The summed E-state index contributed by atoms with van der Waals surface area (Å²) in [5.41, 5.74) is 5.79. The minimum atomic E-state index is 0.397. The van der Waals surface area contributed by atoms with Gasteiger partial charge < -0.3 is 10.6 Å². The topological polar surface area (TPSA) is 29.3 Å². The normalized spacial score (nSPS) is 26.7.